The van der Waals surface area contributed by atoms with Crippen molar-refractivity contribution in [3.05, 3.63) is 24.0 Å². The van der Waals surface area contributed by atoms with Crippen LogP contribution in [0.3, 0.4) is 0 Å². The molecule has 1 amide bonds. The number of rotatable bonds is 0. The predicted octanol–water partition coefficient (Wildman–Crippen LogP) is 4.08. The Hall–Kier alpha value is -1.43. The lowest BCUT2D eigenvalue weighted by Crippen LogP contribution is -2.49. The lowest BCUT2D eigenvalue weighted by molar-refractivity contribution is 0.0180. The molecule has 1 aromatic rings. The molecule has 0 aliphatic carbocycles. The highest BCUT2D eigenvalue weighted by atomic mass is 32.2. The zero-order chi connectivity index (χ0) is 16.7. The number of ether oxygens (including phenoxy) is 2. The van der Waals surface area contributed by atoms with Crippen molar-refractivity contribution in [1.82, 2.24) is 4.90 Å². The van der Waals surface area contributed by atoms with E-state index >= 15 is 0 Å². The third kappa shape index (κ3) is 3.74. The average molecular weight is 339 g/mol. The van der Waals surface area contributed by atoms with E-state index in [9.17, 15) is 9.18 Å². The maximum Gasteiger partial charge on any atom is 0.410 e. The van der Waals surface area contributed by atoms with Crippen LogP contribution in [0.15, 0.2) is 23.1 Å². The molecule has 2 aliphatic heterocycles. The number of piperidine rings is 1. The molecular weight excluding hydrogens is 317 g/mol. The second-order valence-corrected chi connectivity index (χ2v) is 8.64. The van der Waals surface area contributed by atoms with E-state index in [0.29, 0.717) is 25.4 Å². The molecule has 2 aliphatic rings. The second kappa shape index (κ2) is 5.89. The Balaban J connectivity index is 1.63. The molecule has 6 heteroatoms. The molecule has 0 aromatic heterocycles. The fourth-order valence-corrected chi connectivity index (χ4v) is 4.15. The summed E-state index contributed by atoms with van der Waals surface area (Å²) in [7, 11) is 0. The number of nitrogens with zero attached hydrogens (tertiary/aromatic N) is 1. The number of likely N-dealkylation sites (tertiary alicyclic amines) is 1. The molecule has 1 saturated heterocycles. The highest BCUT2D eigenvalue weighted by Gasteiger charge is 2.41. The highest BCUT2D eigenvalue weighted by molar-refractivity contribution is 8.00. The van der Waals surface area contributed by atoms with Gasteiger partial charge in [0.15, 0.2) is 0 Å². The number of hydrogen-bond donors (Lipinski definition) is 0. The summed E-state index contributed by atoms with van der Waals surface area (Å²) in [5.41, 5.74) is -0.474. The molecule has 1 aromatic carbocycles. The summed E-state index contributed by atoms with van der Waals surface area (Å²) >= 11 is 1.75. The summed E-state index contributed by atoms with van der Waals surface area (Å²) in [5, 5.41) is 0. The largest absolute Gasteiger partial charge is 0.491 e. The molecule has 1 fully saturated rings. The van der Waals surface area contributed by atoms with Crippen LogP contribution >= 0.6 is 11.8 Å². The van der Waals surface area contributed by atoms with E-state index < -0.39 is 5.60 Å². The molecule has 0 atom stereocenters. The fraction of sp³-hybridized carbons (Fsp3) is 0.588. The zero-order valence-corrected chi connectivity index (χ0v) is 14.5. The fourth-order valence-electron chi connectivity index (χ4n) is 2.82. The van der Waals surface area contributed by atoms with Crippen molar-refractivity contribution in [2.24, 2.45) is 0 Å². The minimum absolute atomic E-state index is 0.0384. The number of halogens is 1. The van der Waals surface area contributed by atoms with E-state index in [1.54, 1.807) is 22.7 Å². The van der Waals surface area contributed by atoms with Gasteiger partial charge in [0.05, 0.1) is 9.64 Å². The number of carbonyl (C=O) groups is 1. The van der Waals surface area contributed by atoms with Crippen molar-refractivity contribution in [2.45, 2.75) is 48.9 Å². The van der Waals surface area contributed by atoms with Gasteiger partial charge < -0.3 is 14.4 Å². The predicted molar refractivity (Wildman–Crippen MR) is 87.5 cm³/mol. The van der Waals surface area contributed by atoms with Crippen molar-refractivity contribution >= 4 is 17.9 Å². The van der Waals surface area contributed by atoms with Crippen LogP contribution in [0.2, 0.25) is 0 Å². The van der Waals surface area contributed by atoms with Crippen LogP contribution in [0.5, 0.6) is 5.75 Å². The maximum atomic E-state index is 13.3. The van der Waals surface area contributed by atoms with E-state index in [2.05, 4.69) is 0 Å². The Morgan fingerprint density at radius 2 is 2.04 bits per heavy atom. The summed E-state index contributed by atoms with van der Waals surface area (Å²) < 4.78 is 24.4. The molecule has 3 rings (SSSR count). The van der Waals surface area contributed by atoms with Crippen LogP contribution in [0.4, 0.5) is 9.18 Å². The van der Waals surface area contributed by atoms with Crippen LogP contribution in [0, 0.1) is 5.82 Å². The van der Waals surface area contributed by atoms with Crippen LogP contribution in [0.1, 0.15) is 33.6 Å². The van der Waals surface area contributed by atoms with E-state index in [0.717, 1.165) is 17.7 Å². The first kappa shape index (κ1) is 16.4. The third-order valence-corrected chi connectivity index (χ3v) is 5.57. The lowest BCUT2D eigenvalue weighted by Gasteiger charge is -2.43. The maximum absolute atomic E-state index is 13.3. The Morgan fingerprint density at radius 3 is 2.70 bits per heavy atom. The minimum Gasteiger partial charge on any atom is -0.491 e. The van der Waals surface area contributed by atoms with Crippen molar-refractivity contribution < 1.29 is 18.7 Å². The molecule has 0 radical (unpaired) electrons. The smallest absolute Gasteiger partial charge is 0.410 e. The molecule has 0 unspecified atom stereocenters. The van der Waals surface area contributed by atoms with Gasteiger partial charge in [0.1, 0.15) is 23.8 Å². The number of benzene rings is 1. The monoisotopic (exact) mass is 339 g/mol. The quantitative estimate of drug-likeness (QED) is 0.714. The summed E-state index contributed by atoms with van der Waals surface area (Å²) in [4.78, 5) is 14.9. The average Bonchev–Trinajstić information content (AvgIpc) is 2.47. The normalized spacial score (nSPS) is 19.9. The number of amides is 1. The minimum atomic E-state index is -0.474. The number of carbonyl (C=O) groups excluding carboxylic acids is 1. The Bertz CT molecular complexity index is 606. The summed E-state index contributed by atoms with van der Waals surface area (Å²) in [6.45, 7) is 7.48. The van der Waals surface area contributed by atoms with Crippen LogP contribution in [0.25, 0.3) is 0 Å². The molecule has 2 heterocycles. The molecule has 126 valence electrons. The van der Waals surface area contributed by atoms with Gasteiger partial charge >= 0.3 is 6.09 Å². The number of thioether (sulfide) groups is 1. The molecular formula is C17H22FNO3S. The van der Waals surface area contributed by atoms with Crippen molar-refractivity contribution in [2.75, 3.05) is 19.7 Å². The number of hydrogen-bond acceptors (Lipinski definition) is 4. The van der Waals surface area contributed by atoms with E-state index in [4.69, 9.17) is 9.47 Å². The second-order valence-electron chi connectivity index (χ2n) is 7.13. The van der Waals surface area contributed by atoms with Gasteiger partial charge in [0.25, 0.3) is 0 Å². The topological polar surface area (TPSA) is 38.8 Å². The molecule has 0 saturated carbocycles. The van der Waals surface area contributed by atoms with Crippen LogP contribution in [-0.4, -0.2) is 41.0 Å². The van der Waals surface area contributed by atoms with Gasteiger partial charge in [-0.05, 0) is 45.7 Å². The number of fused-ring (bicyclic) bond motifs is 1. The molecule has 4 nitrogen and oxygen atoms in total. The van der Waals surface area contributed by atoms with Crippen molar-refractivity contribution in [3.8, 4) is 5.75 Å². The van der Waals surface area contributed by atoms with Gasteiger partial charge in [-0.15, -0.1) is 11.8 Å². The van der Waals surface area contributed by atoms with Gasteiger partial charge in [-0.25, -0.2) is 9.18 Å². The van der Waals surface area contributed by atoms with E-state index in [-0.39, 0.29) is 16.7 Å². The first-order valence-corrected chi connectivity index (χ1v) is 8.67. The third-order valence-electron chi connectivity index (χ3n) is 4.05. The first-order chi connectivity index (χ1) is 10.8. The molecule has 1 spiro atoms. The van der Waals surface area contributed by atoms with Crippen LogP contribution in [-0.2, 0) is 4.74 Å². The Kier molecular flexibility index (Phi) is 4.21. The molecule has 0 bridgehead atoms. The van der Waals surface area contributed by atoms with Gasteiger partial charge in [-0.3, -0.25) is 0 Å². The van der Waals surface area contributed by atoms with Crippen molar-refractivity contribution in [3.63, 3.8) is 0 Å². The summed E-state index contributed by atoms with van der Waals surface area (Å²) in [6, 6.07) is 4.67. The van der Waals surface area contributed by atoms with Crippen molar-refractivity contribution in [1.29, 1.82) is 0 Å². The lowest BCUT2D eigenvalue weighted by atomic mass is 9.96. The van der Waals surface area contributed by atoms with Gasteiger partial charge in [-0.1, -0.05) is 0 Å². The Morgan fingerprint density at radius 1 is 1.35 bits per heavy atom. The van der Waals surface area contributed by atoms with Gasteiger partial charge in [0, 0.05) is 19.2 Å². The van der Waals surface area contributed by atoms with Gasteiger partial charge in [0.2, 0.25) is 0 Å². The van der Waals surface area contributed by atoms with Crippen LogP contribution < -0.4 is 4.74 Å². The van der Waals surface area contributed by atoms with E-state index in [1.807, 2.05) is 20.8 Å². The highest BCUT2D eigenvalue weighted by Crippen LogP contribution is 2.48. The van der Waals surface area contributed by atoms with E-state index in [1.165, 1.54) is 12.1 Å². The van der Waals surface area contributed by atoms with Gasteiger partial charge in [-0.2, -0.15) is 0 Å². The summed E-state index contributed by atoms with van der Waals surface area (Å²) in [6.07, 6.45) is 1.43. The SMILES string of the molecule is CC(C)(C)OC(=O)N1CCC2(CC1)COc1cc(F)ccc1S2. The summed E-state index contributed by atoms with van der Waals surface area (Å²) in [5.74, 6) is 0.343. The molecule has 23 heavy (non-hydrogen) atoms. The first-order valence-electron chi connectivity index (χ1n) is 7.86. The Labute approximate surface area is 140 Å². The standard InChI is InChI=1S/C17H22FNO3S/c1-16(2,3)22-15(20)19-8-6-17(7-9-19)11-21-13-10-12(18)4-5-14(13)23-17/h4-5,10H,6-9,11H2,1-3H3. The zero-order valence-electron chi connectivity index (χ0n) is 13.7. The molecule has 0 N–H and O–H groups in total.